The van der Waals surface area contributed by atoms with Gasteiger partial charge >= 0.3 is 0 Å². The van der Waals surface area contributed by atoms with E-state index in [0.717, 1.165) is 0 Å². The minimum absolute atomic E-state index is 0.0279. The number of para-hydroxylation sites is 3. The summed E-state index contributed by atoms with van der Waals surface area (Å²) >= 11 is 0. The Morgan fingerprint density at radius 1 is 0.571 bits per heavy atom. The van der Waals surface area contributed by atoms with Gasteiger partial charge in [0.05, 0.1) is 17.1 Å². The molecule has 6 aromatic rings. The number of quaternary nitrogens is 1. The Labute approximate surface area is 204 Å². The van der Waals surface area contributed by atoms with Crippen molar-refractivity contribution in [2.24, 2.45) is 0 Å². The number of hydrogen-bond donors (Lipinski definition) is 2. The SMILES string of the molecule is c1ccc(-c2cccc(C3NC(n4c5ccccc5c5ccccc54)[NH2+]c4ccccc43)c2)cc1. The Balaban J connectivity index is 1.39. The van der Waals surface area contributed by atoms with Gasteiger partial charge in [-0.3, -0.25) is 9.88 Å². The van der Waals surface area contributed by atoms with E-state index in [0.29, 0.717) is 0 Å². The van der Waals surface area contributed by atoms with Crippen molar-refractivity contribution in [3.8, 4) is 11.1 Å². The molecule has 0 spiro atoms. The average molecular weight is 453 g/mol. The number of aromatic nitrogens is 1. The third-order valence-electron chi connectivity index (χ3n) is 7.20. The van der Waals surface area contributed by atoms with Crippen LogP contribution < -0.4 is 10.6 Å². The Hall–Kier alpha value is -4.18. The molecular weight excluding hydrogens is 426 g/mol. The first kappa shape index (κ1) is 20.2. The summed E-state index contributed by atoms with van der Waals surface area (Å²) in [5.41, 5.74) is 8.85. The number of nitrogens with two attached hydrogens (primary N) is 1. The molecule has 2 unspecified atom stereocenters. The number of rotatable bonds is 3. The highest BCUT2D eigenvalue weighted by atomic mass is 15.3. The molecule has 7 rings (SSSR count). The molecule has 0 fully saturated rings. The van der Waals surface area contributed by atoms with Crippen LogP contribution in [0.1, 0.15) is 23.5 Å². The fourth-order valence-electron chi connectivity index (χ4n) is 5.61. The van der Waals surface area contributed by atoms with Crippen LogP contribution in [0, 0.1) is 0 Å². The molecule has 1 aromatic heterocycles. The van der Waals surface area contributed by atoms with Crippen LogP contribution in [0.4, 0.5) is 5.69 Å². The monoisotopic (exact) mass is 452 g/mol. The standard InChI is InChI=1S/C32H25N3/c1-2-11-22(12-3-1)23-13-10-14-24(21-23)31-27-17-4-7-18-28(27)33-32(34-31)35-29-19-8-5-15-25(29)26-16-6-9-20-30(26)35/h1-21,31-34H/p+1. The molecule has 3 heteroatoms. The van der Waals surface area contributed by atoms with E-state index >= 15 is 0 Å². The summed E-state index contributed by atoms with van der Waals surface area (Å²) in [5, 5.41) is 8.95. The lowest BCUT2D eigenvalue weighted by Gasteiger charge is -2.32. The summed E-state index contributed by atoms with van der Waals surface area (Å²) in [7, 11) is 0. The lowest BCUT2D eigenvalue weighted by Crippen LogP contribution is -2.86. The second kappa shape index (κ2) is 8.24. The fraction of sp³-hybridized carbons (Fsp3) is 0.0625. The smallest absolute Gasteiger partial charge is 0.229 e. The van der Waals surface area contributed by atoms with E-state index in [9.17, 15) is 0 Å². The molecule has 0 amide bonds. The van der Waals surface area contributed by atoms with Crippen LogP contribution in [0.2, 0.25) is 0 Å². The summed E-state index contributed by atoms with van der Waals surface area (Å²) in [6.07, 6.45) is 0.0279. The molecule has 3 nitrogen and oxygen atoms in total. The Kier molecular flexibility index (Phi) is 4.76. The van der Waals surface area contributed by atoms with Gasteiger partial charge in [0.2, 0.25) is 6.29 Å². The van der Waals surface area contributed by atoms with Crippen LogP contribution in [0.25, 0.3) is 32.9 Å². The van der Waals surface area contributed by atoms with Crippen LogP contribution in [-0.2, 0) is 0 Å². The van der Waals surface area contributed by atoms with E-state index in [-0.39, 0.29) is 12.3 Å². The zero-order chi connectivity index (χ0) is 23.2. The molecular formula is C32H26N3+. The largest absolute Gasteiger partial charge is 0.280 e. The van der Waals surface area contributed by atoms with Gasteiger partial charge in [-0.2, -0.15) is 0 Å². The molecule has 3 N–H and O–H groups in total. The highest BCUT2D eigenvalue weighted by Crippen LogP contribution is 2.35. The summed E-state index contributed by atoms with van der Waals surface area (Å²) < 4.78 is 2.45. The maximum atomic E-state index is 4.00. The first-order valence-electron chi connectivity index (χ1n) is 12.2. The van der Waals surface area contributed by atoms with Gasteiger partial charge < -0.3 is 0 Å². The summed E-state index contributed by atoms with van der Waals surface area (Å²) in [6, 6.07) is 45.9. The molecule has 0 saturated heterocycles. The van der Waals surface area contributed by atoms with Crippen molar-refractivity contribution in [3.05, 3.63) is 139 Å². The number of hydrogen-bond acceptors (Lipinski definition) is 1. The molecule has 0 bridgehead atoms. The Morgan fingerprint density at radius 2 is 1.20 bits per heavy atom. The number of nitrogens with one attached hydrogen (secondary N) is 1. The first-order valence-corrected chi connectivity index (χ1v) is 12.2. The van der Waals surface area contributed by atoms with Crippen LogP contribution in [0.15, 0.2) is 127 Å². The fourth-order valence-corrected chi connectivity index (χ4v) is 5.61. The van der Waals surface area contributed by atoms with Gasteiger partial charge in [0.1, 0.15) is 5.69 Å². The molecule has 1 aliphatic rings. The van der Waals surface area contributed by atoms with Gasteiger partial charge in [-0.1, -0.05) is 103 Å². The van der Waals surface area contributed by atoms with Crippen molar-refractivity contribution >= 4 is 27.5 Å². The minimum Gasteiger partial charge on any atom is -0.280 e. The zero-order valence-electron chi connectivity index (χ0n) is 19.3. The van der Waals surface area contributed by atoms with Gasteiger partial charge in [-0.05, 0) is 41.0 Å². The zero-order valence-corrected chi connectivity index (χ0v) is 19.3. The van der Waals surface area contributed by atoms with E-state index in [4.69, 9.17) is 0 Å². The van der Waals surface area contributed by atoms with Gasteiger partial charge in [0.15, 0.2) is 0 Å². The molecule has 1 aliphatic heterocycles. The van der Waals surface area contributed by atoms with Crippen molar-refractivity contribution in [3.63, 3.8) is 0 Å². The molecule has 168 valence electrons. The van der Waals surface area contributed by atoms with Crippen LogP contribution >= 0.6 is 0 Å². The first-order chi connectivity index (χ1) is 17.4. The topological polar surface area (TPSA) is 33.6 Å². The summed E-state index contributed by atoms with van der Waals surface area (Å²) in [5.74, 6) is 0. The van der Waals surface area contributed by atoms with Crippen molar-refractivity contribution in [2.75, 3.05) is 0 Å². The highest BCUT2D eigenvalue weighted by molar-refractivity contribution is 6.08. The normalized spacial score (nSPS) is 17.5. The van der Waals surface area contributed by atoms with E-state index in [2.05, 4.69) is 143 Å². The van der Waals surface area contributed by atoms with Crippen molar-refractivity contribution in [1.82, 2.24) is 9.88 Å². The molecule has 0 aliphatic carbocycles. The van der Waals surface area contributed by atoms with E-state index in [1.165, 1.54) is 49.7 Å². The van der Waals surface area contributed by atoms with Crippen molar-refractivity contribution in [1.29, 1.82) is 0 Å². The maximum absolute atomic E-state index is 4.00. The number of nitrogens with zero attached hydrogens (tertiary/aromatic N) is 1. The molecule has 0 radical (unpaired) electrons. The van der Waals surface area contributed by atoms with Gasteiger partial charge in [-0.25, -0.2) is 5.32 Å². The van der Waals surface area contributed by atoms with E-state index < -0.39 is 0 Å². The van der Waals surface area contributed by atoms with Crippen LogP contribution in [0.3, 0.4) is 0 Å². The van der Waals surface area contributed by atoms with Gasteiger partial charge in [0.25, 0.3) is 0 Å². The maximum Gasteiger partial charge on any atom is 0.229 e. The lowest BCUT2D eigenvalue weighted by molar-refractivity contribution is -0.646. The predicted octanol–water partition coefficient (Wildman–Crippen LogP) is 6.51. The summed E-state index contributed by atoms with van der Waals surface area (Å²) in [6.45, 7) is 0. The minimum atomic E-state index is 0.0279. The number of benzene rings is 5. The van der Waals surface area contributed by atoms with Crippen LogP contribution in [0.5, 0.6) is 0 Å². The molecule has 2 heterocycles. The quantitative estimate of drug-likeness (QED) is 0.295. The molecule has 0 saturated carbocycles. The molecule has 5 aromatic carbocycles. The predicted molar refractivity (Wildman–Crippen MR) is 143 cm³/mol. The van der Waals surface area contributed by atoms with Crippen molar-refractivity contribution in [2.45, 2.75) is 12.3 Å². The van der Waals surface area contributed by atoms with Crippen molar-refractivity contribution < 1.29 is 5.32 Å². The van der Waals surface area contributed by atoms with Crippen LogP contribution in [-0.4, -0.2) is 4.57 Å². The third-order valence-corrected chi connectivity index (χ3v) is 7.20. The molecule has 35 heavy (non-hydrogen) atoms. The number of fused-ring (bicyclic) bond motifs is 4. The highest BCUT2D eigenvalue weighted by Gasteiger charge is 2.33. The second-order valence-corrected chi connectivity index (χ2v) is 9.24. The Bertz CT molecular complexity index is 1610. The Morgan fingerprint density at radius 3 is 1.97 bits per heavy atom. The molecule has 2 atom stereocenters. The average Bonchev–Trinajstić information content (AvgIpc) is 3.27. The summed E-state index contributed by atoms with van der Waals surface area (Å²) in [4.78, 5) is 0. The van der Waals surface area contributed by atoms with Gasteiger partial charge in [0, 0.05) is 16.3 Å². The van der Waals surface area contributed by atoms with Gasteiger partial charge in [-0.15, -0.1) is 0 Å². The third kappa shape index (κ3) is 3.36. The van der Waals surface area contributed by atoms with E-state index in [1.807, 2.05) is 0 Å². The van der Waals surface area contributed by atoms with E-state index in [1.54, 1.807) is 0 Å². The lowest BCUT2D eigenvalue weighted by atomic mass is 9.93. The second-order valence-electron chi connectivity index (χ2n) is 9.24.